The molecule has 1 aromatic carbocycles. The molecule has 1 atom stereocenters. The number of likely N-dealkylation sites (tertiary alicyclic amines) is 1. The number of rotatable bonds is 6. The molecule has 1 aliphatic heterocycles. The Bertz CT molecular complexity index is 723. The fraction of sp³-hybridized carbons (Fsp3) is 0.476. The summed E-state index contributed by atoms with van der Waals surface area (Å²) in [5.74, 6) is 2.73. The maximum Gasteiger partial charge on any atom is 0.191 e. The Kier molecular flexibility index (Phi) is 8.63. The van der Waals surface area contributed by atoms with Crippen LogP contribution in [-0.4, -0.2) is 37.5 Å². The van der Waals surface area contributed by atoms with Crippen LogP contribution in [0.2, 0.25) is 0 Å². The predicted molar refractivity (Wildman–Crippen MR) is 122 cm³/mol. The summed E-state index contributed by atoms with van der Waals surface area (Å²) in [6.07, 6.45) is 2.57. The monoisotopic (exact) mass is 482 g/mol. The molecule has 0 bridgehead atoms. The third-order valence-corrected chi connectivity index (χ3v) is 5.04. The Hall–Kier alpha value is -1.54. The van der Waals surface area contributed by atoms with E-state index in [1.54, 1.807) is 0 Å². The molecule has 0 spiro atoms. The first-order valence-corrected chi connectivity index (χ1v) is 9.47. The van der Waals surface area contributed by atoms with Crippen LogP contribution in [0.1, 0.15) is 41.5 Å². The number of benzene rings is 1. The molecule has 1 saturated heterocycles. The first kappa shape index (κ1) is 21.8. The van der Waals surface area contributed by atoms with Crippen LogP contribution in [0, 0.1) is 13.8 Å². The fourth-order valence-electron chi connectivity index (χ4n) is 3.64. The van der Waals surface area contributed by atoms with Crippen molar-refractivity contribution < 1.29 is 4.42 Å². The van der Waals surface area contributed by atoms with Gasteiger partial charge in [0, 0.05) is 25.7 Å². The summed E-state index contributed by atoms with van der Waals surface area (Å²) in [6, 6.07) is 13.2. The number of hydrogen-bond donors (Lipinski definition) is 2. The Balaban J connectivity index is 0.00000261. The van der Waals surface area contributed by atoms with Crippen molar-refractivity contribution >= 4 is 29.9 Å². The Morgan fingerprint density at radius 1 is 1.15 bits per heavy atom. The van der Waals surface area contributed by atoms with Gasteiger partial charge >= 0.3 is 0 Å². The summed E-state index contributed by atoms with van der Waals surface area (Å²) >= 11 is 0. The number of aliphatic imine (C=N–C) groups is 1. The predicted octanol–water partition coefficient (Wildman–Crippen LogP) is 4.02. The van der Waals surface area contributed by atoms with E-state index in [1.165, 1.54) is 37.1 Å². The zero-order chi connectivity index (χ0) is 18.4. The van der Waals surface area contributed by atoms with Gasteiger partial charge in [-0.2, -0.15) is 0 Å². The number of aryl methyl sites for hydroxylation is 2. The molecular weight excluding hydrogens is 451 g/mol. The zero-order valence-corrected chi connectivity index (χ0v) is 18.8. The van der Waals surface area contributed by atoms with Crippen LogP contribution >= 0.6 is 24.0 Å². The SMILES string of the molecule is CN=C(NCc1cc(C)oc1C)NCC(c1ccccc1)N1CCCC1.I. The van der Waals surface area contributed by atoms with Gasteiger partial charge in [0.1, 0.15) is 11.5 Å². The number of furan rings is 1. The lowest BCUT2D eigenvalue weighted by Gasteiger charge is -2.29. The number of nitrogens with zero attached hydrogens (tertiary/aromatic N) is 2. The van der Waals surface area contributed by atoms with Gasteiger partial charge in [0.2, 0.25) is 0 Å². The summed E-state index contributed by atoms with van der Waals surface area (Å²) in [6.45, 7) is 7.86. The average Bonchev–Trinajstić information content (AvgIpc) is 3.28. The number of nitrogens with one attached hydrogen (secondary N) is 2. The minimum atomic E-state index is 0. The highest BCUT2D eigenvalue weighted by Crippen LogP contribution is 2.24. The van der Waals surface area contributed by atoms with Gasteiger partial charge in [-0.05, 0) is 51.4 Å². The normalized spacial score (nSPS) is 16.0. The number of hydrogen-bond acceptors (Lipinski definition) is 3. The molecule has 1 aromatic heterocycles. The lowest BCUT2D eigenvalue weighted by molar-refractivity contribution is 0.245. The van der Waals surface area contributed by atoms with Crippen LogP contribution in [0.25, 0.3) is 0 Å². The minimum Gasteiger partial charge on any atom is -0.466 e. The van der Waals surface area contributed by atoms with Crippen molar-refractivity contribution in [2.24, 2.45) is 4.99 Å². The van der Waals surface area contributed by atoms with Gasteiger partial charge in [-0.15, -0.1) is 24.0 Å². The minimum absolute atomic E-state index is 0. The van der Waals surface area contributed by atoms with Gasteiger partial charge in [0.15, 0.2) is 5.96 Å². The highest BCUT2D eigenvalue weighted by atomic mass is 127. The second-order valence-electron chi connectivity index (χ2n) is 6.91. The van der Waals surface area contributed by atoms with E-state index >= 15 is 0 Å². The smallest absolute Gasteiger partial charge is 0.191 e. The van der Waals surface area contributed by atoms with Crippen molar-refractivity contribution in [3.05, 3.63) is 59.0 Å². The van der Waals surface area contributed by atoms with E-state index in [4.69, 9.17) is 4.42 Å². The van der Waals surface area contributed by atoms with Gasteiger partial charge in [0.25, 0.3) is 0 Å². The largest absolute Gasteiger partial charge is 0.466 e. The molecule has 27 heavy (non-hydrogen) atoms. The zero-order valence-electron chi connectivity index (χ0n) is 16.5. The van der Waals surface area contributed by atoms with Crippen LogP contribution in [0.15, 0.2) is 45.8 Å². The first-order valence-electron chi connectivity index (χ1n) is 9.47. The molecule has 1 aliphatic rings. The van der Waals surface area contributed by atoms with Crippen LogP contribution < -0.4 is 10.6 Å². The molecule has 2 aromatic rings. The Labute approximate surface area is 179 Å². The molecule has 2 heterocycles. The van der Waals surface area contributed by atoms with Crippen molar-refractivity contribution in [2.45, 2.75) is 39.3 Å². The van der Waals surface area contributed by atoms with Crippen molar-refractivity contribution in [3.63, 3.8) is 0 Å². The van der Waals surface area contributed by atoms with E-state index in [9.17, 15) is 0 Å². The van der Waals surface area contributed by atoms with E-state index in [-0.39, 0.29) is 24.0 Å². The number of guanidine groups is 1. The third-order valence-electron chi connectivity index (χ3n) is 5.04. The van der Waals surface area contributed by atoms with Crippen LogP contribution in [0.5, 0.6) is 0 Å². The summed E-state index contributed by atoms with van der Waals surface area (Å²) < 4.78 is 5.60. The second kappa shape index (κ2) is 10.7. The van der Waals surface area contributed by atoms with Gasteiger partial charge in [-0.3, -0.25) is 9.89 Å². The highest BCUT2D eigenvalue weighted by molar-refractivity contribution is 14.0. The van der Waals surface area contributed by atoms with Gasteiger partial charge in [-0.1, -0.05) is 30.3 Å². The molecule has 0 radical (unpaired) electrons. The maximum absolute atomic E-state index is 5.60. The maximum atomic E-state index is 5.60. The third kappa shape index (κ3) is 5.97. The molecule has 148 valence electrons. The van der Waals surface area contributed by atoms with Crippen LogP contribution in [0.4, 0.5) is 0 Å². The van der Waals surface area contributed by atoms with E-state index < -0.39 is 0 Å². The summed E-state index contributed by atoms with van der Waals surface area (Å²) in [5.41, 5.74) is 2.53. The molecule has 3 rings (SSSR count). The van der Waals surface area contributed by atoms with E-state index in [2.05, 4.69) is 56.9 Å². The molecule has 0 amide bonds. The summed E-state index contributed by atoms with van der Waals surface area (Å²) in [4.78, 5) is 6.95. The van der Waals surface area contributed by atoms with Gasteiger partial charge in [-0.25, -0.2) is 0 Å². The average molecular weight is 482 g/mol. The van der Waals surface area contributed by atoms with Crippen molar-refractivity contribution in [1.29, 1.82) is 0 Å². The lowest BCUT2D eigenvalue weighted by atomic mass is 10.1. The summed E-state index contributed by atoms with van der Waals surface area (Å²) in [7, 11) is 1.82. The number of halogens is 1. The van der Waals surface area contributed by atoms with Gasteiger partial charge in [0.05, 0.1) is 6.04 Å². The van der Waals surface area contributed by atoms with Crippen molar-refractivity contribution in [1.82, 2.24) is 15.5 Å². The van der Waals surface area contributed by atoms with Crippen molar-refractivity contribution in [3.8, 4) is 0 Å². The van der Waals surface area contributed by atoms with E-state index in [1.807, 2.05) is 20.9 Å². The molecule has 1 unspecified atom stereocenters. The fourth-order valence-corrected chi connectivity index (χ4v) is 3.64. The quantitative estimate of drug-likeness (QED) is 0.371. The molecule has 0 saturated carbocycles. The van der Waals surface area contributed by atoms with Gasteiger partial charge < -0.3 is 15.1 Å². The van der Waals surface area contributed by atoms with Crippen LogP contribution in [-0.2, 0) is 6.54 Å². The van der Waals surface area contributed by atoms with E-state index in [0.717, 1.165) is 24.0 Å². The molecule has 2 N–H and O–H groups in total. The van der Waals surface area contributed by atoms with Crippen LogP contribution in [0.3, 0.4) is 0 Å². The molecule has 5 nitrogen and oxygen atoms in total. The molecule has 1 fully saturated rings. The first-order chi connectivity index (χ1) is 12.7. The highest BCUT2D eigenvalue weighted by Gasteiger charge is 2.23. The second-order valence-corrected chi connectivity index (χ2v) is 6.91. The van der Waals surface area contributed by atoms with E-state index in [0.29, 0.717) is 12.6 Å². The van der Waals surface area contributed by atoms with Crippen molar-refractivity contribution in [2.75, 3.05) is 26.7 Å². The molecule has 0 aliphatic carbocycles. The lowest BCUT2D eigenvalue weighted by Crippen LogP contribution is -2.42. The Morgan fingerprint density at radius 3 is 2.44 bits per heavy atom. The molecule has 6 heteroatoms. The Morgan fingerprint density at radius 2 is 1.85 bits per heavy atom. The topological polar surface area (TPSA) is 52.8 Å². The standard InChI is InChI=1S/C21H30N4O.HI/c1-16-13-19(17(2)26-16)14-23-21(22-3)24-15-20(25-11-7-8-12-25)18-9-5-4-6-10-18;/h4-6,9-10,13,20H,7-8,11-12,14-15H2,1-3H3,(H2,22,23,24);1H. The summed E-state index contributed by atoms with van der Waals surface area (Å²) in [5, 5.41) is 6.91. The molecular formula is C21H31IN4O.